The summed E-state index contributed by atoms with van der Waals surface area (Å²) < 4.78 is 38.7. The average Bonchev–Trinajstić information content (AvgIpc) is 2.82. The number of likely N-dealkylation sites (tertiary alicyclic amines) is 1. The van der Waals surface area contributed by atoms with Crippen LogP contribution in [0.15, 0.2) is 30.3 Å². The van der Waals surface area contributed by atoms with E-state index in [1.54, 1.807) is 30.3 Å². The molecule has 22 heavy (non-hydrogen) atoms. The quantitative estimate of drug-likeness (QED) is 0.854. The highest BCUT2D eigenvalue weighted by Crippen LogP contribution is 2.38. The molecule has 1 aliphatic heterocycles. The number of nitrogens with zero attached hydrogens (tertiary/aromatic N) is 1. The van der Waals surface area contributed by atoms with Crippen molar-refractivity contribution >= 4 is 11.8 Å². The Hall–Kier alpha value is -2.09. The van der Waals surface area contributed by atoms with E-state index in [0.717, 1.165) is 0 Å². The third-order valence-electron chi connectivity index (χ3n) is 3.70. The van der Waals surface area contributed by atoms with Gasteiger partial charge in [0, 0.05) is 13.1 Å². The van der Waals surface area contributed by atoms with Gasteiger partial charge in [0.05, 0.1) is 6.04 Å². The van der Waals surface area contributed by atoms with Crippen LogP contribution in [0.3, 0.4) is 0 Å². The molecule has 0 aromatic heterocycles. The standard InChI is InChI=1S/C14H16F3N3O2/c1-19-12(21)10-7-9(18)11(8-5-3-2-4-6-8)20(10)13(22)14(15,16)17/h2-6,9-11H,7,18H2,1H3,(H,19,21)/t9-,10+,11+/m1/s1. The van der Waals surface area contributed by atoms with E-state index in [1.165, 1.54) is 7.05 Å². The molecule has 3 N–H and O–H groups in total. The Balaban J connectivity index is 2.46. The topological polar surface area (TPSA) is 75.4 Å². The maximum atomic E-state index is 12.9. The fourth-order valence-electron chi connectivity index (χ4n) is 2.77. The number of amides is 2. The minimum atomic E-state index is -5.07. The molecular formula is C14H16F3N3O2. The summed E-state index contributed by atoms with van der Waals surface area (Å²) in [6.07, 6.45) is -5.09. The third kappa shape index (κ3) is 2.92. The molecule has 1 fully saturated rings. The first-order valence-corrected chi connectivity index (χ1v) is 6.69. The minimum absolute atomic E-state index is 0.0267. The van der Waals surface area contributed by atoms with E-state index in [4.69, 9.17) is 5.73 Å². The molecule has 8 heteroatoms. The summed E-state index contributed by atoms with van der Waals surface area (Å²) >= 11 is 0. The zero-order valence-corrected chi connectivity index (χ0v) is 11.8. The molecule has 3 atom stereocenters. The zero-order chi connectivity index (χ0) is 16.5. The van der Waals surface area contributed by atoms with Gasteiger partial charge >= 0.3 is 12.1 Å². The first kappa shape index (κ1) is 16.3. The molecule has 5 nitrogen and oxygen atoms in total. The van der Waals surface area contributed by atoms with Crippen molar-refractivity contribution in [2.24, 2.45) is 5.73 Å². The van der Waals surface area contributed by atoms with E-state index in [9.17, 15) is 22.8 Å². The summed E-state index contributed by atoms with van der Waals surface area (Å²) in [7, 11) is 1.31. The van der Waals surface area contributed by atoms with E-state index >= 15 is 0 Å². The first-order chi connectivity index (χ1) is 10.3. The Morgan fingerprint density at radius 3 is 2.36 bits per heavy atom. The lowest BCUT2D eigenvalue weighted by molar-refractivity contribution is -0.189. The smallest absolute Gasteiger partial charge is 0.357 e. The van der Waals surface area contributed by atoms with Crippen molar-refractivity contribution in [1.29, 1.82) is 0 Å². The van der Waals surface area contributed by atoms with Gasteiger partial charge in [-0.25, -0.2) is 0 Å². The number of benzene rings is 1. The molecule has 1 aromatic carbocycles. The molecule has 1 aliphatic rings. The van der Waals surface area contributed by atoms with Crippen molar-refractivity contribution in [3.8, 4) is 0 Å². The van der Waals surface area contributed by atoms with E-state index in [-0.39, 0.29) is 6.42 Å². The van der Waals surface area contributed by atoms with Gasteiger partial charge < -0.3 is 16.0 Å². The number of hydrogen-bond donors (Lipinski definition) is 2. The average molecular weight is 315 g/mol. The predicted molar refractivity (Wildman–Crippen MR) is 72.5 cm³/mol. The van der Waals surface area contributed by atoms with Gasteiger partial charge in [0.25, 0.3) is 0 Å². The number of likely N-dealkylation sites (N-methyl/N-ethyl adjacent to an activating group) is 1. The number of rotatable bonds is 2. The number of nitrogens with two attached hydrogens (primary N) is 1. The summed E-state index contributed by atoms with van der Waals surface area (Å²) in [6.45, 7) is 0. The van der Waals surface area contributed by atoms with Gasteiger partial charge in [-0.15, -0.1) is 0 Å². The van der Waals surface area contributed by atoms with E-state index < -0.39 is 36.1 Å². The van der Waals surface area contributed by atoms with Crippen molar-refractivity contribution in [2.45, 2.75) is 30.7 Å². The minimum Gasteiger partial charge on any atom is -0.357 e. The second-order valence-corrected chi connectivity index (χ2v) is 5.10. The molecule has 0 aliphatic carbocycles. The Labute approximate surface area is 125 Å². The van der Waals surface area contributed by atoms with E-state index in [1.807, 2.05) is 0 Å². The van der Waals surface area contributed by atoms with Crippen molar-refractivity contribution < 1.29 is 22.8 Å². The van der Waals surface area contributed by atoms with Gasteiger partial charge in [-0.05, 0) is 12.0 Å². The molecule has 1 heterocycles. The van der Waals surface area contributed by atoms with Crippen LogP contribution in [0.25, 0.3) is 0 Å². The lowest BCUT2D eigenvalue weighted by Crippen LogP contribution is -2.50. The molecule has 0 spiro atoms. The van der Waals surface area contributed by atoms with Crippen molar-refractivity contribution in [1.82, 2.24) is 10.2 Å². The normalized spacial score (nSPS) is 25.1. The third-order valence-corrected chi connectivity index (χ3v) is 3.70. The monoisotopic (exact) mass is 315 g/mol. The lowest BCUT2D eigenvalue weighted by atomic mass is 10.0. The van der Waals surface area contributed by atoms with Crippen LogP contribution in [0, 0.1) is 0 Å². The molecule has 0 unspecified atom stereocenters. The van der Waals surface area contributed by atoms with Crippen molar-refractivity contribution in [2.75, 3.05) is 7.05 Å². The van der Waals surface area contributed by atoms with Crippen LogP contribution in [-0.2, 0) is 9.59 Å². The molecule has 2 rings (SSSR count). The van der Waals surface area contributed by atoms with Gasteiger partial charge in [0.1, 0.15) is 6.04 Å². The van der Waals surface area contributed by atoms with Crippen LogP contribution in [0.5, 0.6) is 0 Å². The Morgan fingerprint density at radius 2 is 1.86 bits per heavy atom. The van der Waals surface area contributed by atoms with Gasteiger partial charge in [-0.3, -0.25) is 9.59 Å². The van der Waals surface area contributed by atoms with Crippen LogP contribution in [0.2, 0.25) is 0 Å². The molecule has 0 saturated carbocycles. The number of carbonyl (C=O) groups is 2. The SMILES string of the molecule is CNC(=O)[C@@H]1C[C@@H](N)[C@H](c2ccccc2)N1C(=O)C(F)(F)F. The predicted octanol–water partition coefficient (Wildman–Crippen LogP) is 0.964. The zero-order valence-electron chi connectivity index (χ0n) is 11.8. The number of nitrogens with one attached hydrogen (secondary N) is 1. The number of halogens is 3. The largest absolute Gasteiger partial charge is 0.471 e. The number of hydrogen-bond acceptors (Lipinski definition) is 3. The summed E-state index contributed by atoms with van der Waals surface area (Å²) in [5.74, 6) is -2.71. The summed E-state index contributed by atoms with van der Waals surface area (Å²) in [6, 6.07) is 5.20. The maximum Gasteiger partial charge on any atom is 0.471 e. The lowest BCUT2D eigenvalue weighted by Gasteiger charge is -2.31. The molecule has 1 aromatic rings. The second-order valence-electron chi connectivity index (χ2n) is 5.10. The van der Waals surface area contributed by atoms with Crippen LogP contribution in [-0.4, -0.2) is 42.0 Å². The second kappa shape index (κ2) is 5.96. The van der Waals surface area contributed by atoms with Crippen LogP contribution in [0.1, 0.15) is 18.0 Å². The highest BCUT2D eigenvalue weighted by molar-refractivity contribution is 5.91. The first-order valence-electron chi connectivity index (χ1n) is 6.69. The summed E-state index contributed by atoms with van der Waals surface area (Å²) in [4.78, 5) is 24.2. The Kier molecular flexibility index (Phi) is 4.41. The summed E-state index contributed by atoms with van der Waals surface area (Å²) in [5.41, 5.74) is 6.40. The summed E-state index contributed by atoms with van der Waals surface area (Å²) in [5, 5.41) is 2.28. The fourth-order valence-corrected chi connectivity index (χ4v) is 2.77. The van der Waals surface area contributed by atoms with E-state index in [0.29, 0.717) is 10.5 Å². The molecular weight excluding hydrogens is 299 g/mol. The van der Waals surface area contributed by atoms with Gasteiger partial charge in [0.15, 0.2) is 0 Å². The van der Waals surface area contributed by atoms with Crippen LogP contribution < -0.4 is 11.1 Å². The highest BCUT2D eigenvalue weighted by atomic mass is 19.4. The Bertz CT molecular complexity index is 562. The van der Waals surface area contributed by atoms with E-state index in [2.05, 4.69) is 5.32 Å². The molecule has 2 amide bonds. The fraction of sp³-hybridized carbons (Fsp3) is 0.429. The molecule has 1 saturated heterocycles. The van der Waals surface area contributed by atoms with Gasteiger partial charge in [-0.1, -0.05) is 30.3 Å². The van der Waals surface area contributed by atoms with Crippen LogP contribution >= 0.6 is 0 Å². The molecule has 0 radical (unpaired) electrons. The van der Waals surface area contributed by atoms with Gasteiger partial charge in [0.2, 0.25) is 5.91 Å². The van der Waals surface area contributed by atoms with Crippen molar-refractivity contribution in [3.63, 3.8) is 0 Å². The van der Waals surface area contributed by atoms with Crippen molar-refractivity contribution in [3.05, 3.63) is 35.9 Å². The van der Waals surface area contributed by atoms with Crippen LogP contribution in [0.4, 0.5) is 13.2 Å². The molecule has 120 valence electrons. The molecule has 0 bridgehead atoms. The number of carbonyl (C=O) groups excluding carboxylic acids is 2. The number of alkyl halides is 3. The maximum absolute atomic E-state index is 12.9. The highest BCUT2D eigenvalue weighted by Gasteiger charge is 2.53. The van der Waals surface area contributed by atoms with Gasteiger partial charge in [-0.2, -0.15) is 13.2 Å². The Morgan fingerprint density at radius 1 is 1.27 bits per heavy atom.